The summed E-state index contributed by atoms with van der Waals surface area (Å²) in [5.41, 5.74) is 2.12. The summed E-state index contributed by atoms with van der Waals surface area (Å²) in [6, 6.07) is 15.1. The quantitative estimate of drug-likeness (QED) is 0.254. The molecule has 3 aromatic rings. The van der Waals surface area contributed by atoms with Crippen molar-refractivity contribution in [1.82, 2.24) is 10.3 Å². The molecule has 2 amide bonds. The van der Waals surface area contributed by atoms with E-state index in [1.54, 1.807) is 30.7 Å². The molecule has 0 unspecified atom stereocenters. The zero-order valence-electron chi connectivity index (χ0n) is 23.6. The Morgan fingerprint density at radius 2 is 1.88 bits per heavy atom. The molecule has 0 spiro atoms. The second kappa shape index (κ2) is 16.1. The van der Waals surface area contributed by atoms with E-state index in [1.165, 1.54) is 11.3 Å². The lowest BCUT2D eigenvalue weighted by Crippen LogP contribution is -2.39. The van der Waals surface area contributed by atoms with Gasteiger partial charge in [0.2, 0.25) is 0 Å². The maximum Gasteiger partial charge on any atom is 0.275 e. The molecule has 0 saturated carbocycles. The molecule has 0 radical (unpaired) electrons. The van der Waals surface area contributed by atoms with E-state index < -0.39 is 5.91 Å². The van der Waals surface area contributed by atoms with Crippen LogP contribution in [0.4, 0.5) is 10.8 Å². The molecule has 2 N–H and O–H groups in total. The van der Waals surface area contributed by atoms with Crippen LogP contribution in [0.25, 0.3) is 0 Å². The van der Waals surface area contributed by atoms with Crippen LogP contribution in [0.1, 0.15) is 45.7 Å². The normalized spacial score (nSPS) is 13.5. The first kappa shape index (κ1) is 30.4. The van der Waals surface area contributed by atoms with Gasteiger partial charge < -0.3 is 34.5 Å². The van der Waals surface area contributed by atoms with Gasteiger partial charge >= 0.3 is 0 Å². The van der Waals surface area contributed by atoms with Gasteiger partial charge in [-0.05, 0) is 36.6 Å². The summed E-state index contributed by atoms with van der Waals surface area (Å²) < 4.78 is 22.2. The number of hydrogen-bond acceptors (Lipinski definition) is 9. The number of methoxy groups -OCH3 is 1. The van der Waals surface area contributed by atoms with Crippen LogP contribution >= 0.6 is 11.3 Å². The lowest BCUT2D eigenvalue weighted by atomic mass is 10.1. The van der Waals surface area contributed by atoms with Gasteiger partial charge in [-0.15, -0.1) is 11.3 Å². The van der Waals surface area contributed by atoms with E-state index in [4.69, 9.17) is 18.9 Å². The number of thiazole rings is 1. The van der Waals surface area contributed by atoms with Crippen molar-refractivity contribution in [2.24, 2.45) is 0 Å². The van der Waals surface area contributed by atoms with E-state index in [0.717, 1.165) is 18.4 Å². The molecule has 1 aliphatic heterocycles. The van der Waals surface area contributed by atoms with Crippen molar-refractivity contribution in [2.75, 3.05) is 64.0 Å². The third-order valence-corrected chi connectivity index (χ3v) is 7.49. The van der Waals surface area contributed by atoms with Gasteiger partial charge in [0.1, 0.15) is 11.4 Å². The Morgan fingerprint density at radius 1 is 1.07 bits per heavy atom. The van der Waals surface area contributed by atoms with Crippen molar-refractivity contribution in [3.63, 3.8) is 0 Å². The van der Waals surface area contributed by atoms with Gasteiger partial charge in [0, 0.05) is 51.8 Å². The van der Waals surface area contributed by atoms with Gasteiger partial charge in [0.25, 0.3) is 11.8 Å². The molecule has 0 bridgehead atoms. The predicted octanol–water partition coefficient (Wildman–Crippen LogP) is 4.37. The summed E-state index contributed by atoms with van der Waals surface area (Å²) in [6.45, 7) is 3.95. The number of carbonyl (C=O) groups excluding carboxylic acids is 2. The van der Waals surface area contributed by atoms with E-state index in [2.05, 4.69) is 15.6 Å². The van der Waals surface area contributed by atoms with Gasteiger partial charge in [-0.25, -0.2) is 4.98 Å². The number of nitrogens with one attached hydrogen (secondary N) is 2. The number of aromatic nitrogens is 1. The summed E-state index contributed by atoms with van der Waals surface area (Å²) in [5.74, 6) is -0.127. The maximum atomic E-state index is 13.3. The molecule has 2 heterocycles. The molecule has 1 aliphatic rings. The molecule has 10 nitrogen and oxygen atoms in total. The number of benzene rings is 2. The van der Waals surface area contributed by atoms with Crippen molar-refractivity contribution in [3.8, 4) is 5.75 Å². The average Bonchev–Trinajstić information content (AvgIpc) is 3.50. The Kier molecular flexibility index (Phi) is 11.9. The lowest BCUT2D eigenvalue weighted by molar-refractivity contribution is 0.0696. The lowest BCUT2D eigenvalue weighted by Gasteiger charge is -2.23. The zero-order chi connectivity index (χ0) is 28.9. The van der Waals surface area contributed by atoms with Crippen LogP contribution in [-0.2, 0) is 20.8 Å². The topological polar surface area (TPSA) is 111 Å². The van der Waals surface area contributed by atoms with Crippen molar-refractivity contribution >= 4 is 34.0 Å². The number of hydrogen-bond donors (Lipinski definition) is 2. The summed E-state index contributed by atoms with van der Waals surface area (Å²) in [5, 5.41) is 8.36. The fraction of sp³-hybridized carbons (Fsp3) is 0.433. The minimum Gasteiger partial charge on any atom is -0.493 e. The van der Waals surface area contributed by atoms with Crippen molar-refractivity contribution in [2.45, 2.75) is 31.9 Å². The third-order valence-electron chi connectivity index (χ3n) is 6.54. The Hall–Kier alpha value is -3.51. The summed E-state index contributed by atoms with van der Waals surface area (Å²) in [7, 11) is 3.54. The van der Waals surface area contributed by atoms with Crippen molar-refractivity contribution in [1.29, 1.82) is 0 Å². The van der Waals surface area contributed by atoms with E-state index >= 15 is 0 Å². The molecule has 41 heavy (non-hydrogen) atoms. The molecule has 1 fully saturated rings. The number of rotatable bonds is 15. The molecule has 0 atom stereocenters. The van der Waals surface area contributed by atoms with Crippen LogP contribution in [0.5, 0.6) is 5.75 Å². The second-order valence-corrected chi connectivity index (χ2v) is 10.5. The second-order valence-electron chi connectivity index (χ2n) is 9.69. The number of nitrogens with zero attached hydrogens (tertiary/aromatic N) is 2. The van der Waals surface area contributed by atoms with E-state index in [9.17, 15) is 9.59 Å². The first-order valence-electron chi connectivity index (χ1n) is 13.8. The van der Waals surface area contributed by atoms with E-state index in [1.807, 2.05) is 42.3 Å². The molecule has 11 heteroatoms. The van der Waals surface area contributed by atoms with Crippen LogP contribution in [0.2, 0.25) is 0 Å². The number of likely N-dealkylation sites (N-methyl/N-ethyl adjacent to an activating group) is 1. The van der Waals surface area contributed by atoms with Gasteiger partial charge in [-0.3, -0.25) is 9.59 Å². The number of amides is 2. The molecular formula is C30H38N4O6S. The largest absolute Gasteiger partial charge is 0.493 e. The molecular weight excluding hydrogens is 544 g/mol. The van der Waals surface area contributed by atoms with Gasteiger partial charge in [0.05, 0.1) is 37.7 Å². The summed E-state index contributed by atoms with van der Waals surface area (Å²) in [6.07, 6.45) is 2.18. The zero-order valence-corrected chi connectivity index (χ0v) is 24.4. The molecule has 2 aromatic carbocycles. The summed E-state index contributed by atoms with van der Waals surface area (Å²) in [4.78, 5) is 32.8. The van der Waals surface area contributed by atoms with Crippen LogP contribution in [-0.4, -0.2) is 76.6 Å². The fourth-order valence-corrected chi connectivity index (χ4v) is 4.98. The minimum absolute atomic E-state index is 0.00914. The fourth-order valence-electron chi connectivity index (χ4n) is 4.18. The average molecular weight is 583 g/mol. The number of carbonyl (C=O) groups is 2. The highest BCUT2D eigenvalue weighted by atomic mass is 32.1. The Morgan fingerprint density at radius 3 is 2.66 bits per heavy atom. The number of ether oxygens (including phenoxy) is 4. The van der Waals surface area contributed by atoms with Crippen LogP contribution in [0.3, 0.4) is 0 Å². The van der Waals surface area contributed by atoms with Crippen LogP contribution < -0.4 is 20.3 Å². The first-order chi connectivity index (χ1) is 20.0. The third kappa shape index (κ3) is 9.53. The Balaban J connectivity index is 1.38. The summed E-state index contributed by atoms with van der Waals surface area (Å²) >= 11 is 1.37. The van der Waals surface area contributed by atoms with Crippen LogP contribution in [0.15, 0.2) is 53.9 Å². The number of anilines is 2. The molecule has 1 saturated heterocycles. The van der Waals surface area contributed by atoms with E-state index in [-0.39, 0.29) is 17.6 Å². The molecule has 220 valence electrons. The standard InChI is InChI=1S/C30H38N4O6S/c1-34(13-18-37-2)30-33-27(21-41-30)29(36)32-26-10-9-24(19-25(26)28(35)31-23-11-16-38-17-12-23)40-15-6-14-39-20-22-7-4-3-5-8-22/h3-5,7-10,19,21,23H,6,11-18,20H2,1-2H3,(H,31,35)(H,32,36). The van der Waals surface area contributed by atoms with Crippen molar-refractivity contribution < 1.29 is 28.5 Å². The van der Waals surface area contributed by atoms with Crippen LogP contribution in [0, 0.1) is 0 Å². The van der Waals surface area contributed by atoms with Gasteiger partial charge in [-0.2, -0.15) is 0 Å². The molecule has 0 aliphatic carbocycles. The highest BCUT2D eigenvalue weighted by molar-refractivity contribution is 7.13. The maximum absolute atomic E-state index is 13.3. The van der Waals surface area contributed by atoms with Gasteiger partial charge in [0.15, 0.2) is 5.13 Å². The Bertz CT molecular complexity index is 1250. The highest BCUT2D eigenvalue weighted by Gasteiger charge is 2.22. The minimum atomic E-state index is -0.392. The first-order valence-corrected chi connectivity index (χ1v) is 14.7. The smallest absolute Gasteiger partial charge is 0.275 e. The highest BCUT2D eigenvalue weighted by Crippen LogP contribution is 2.25. The molecule has 4 rings (SSSR count). The predicted molar refractivity (Wildman–Crippen MR) is 159 cm³/mol. The molecule has 1 aromatic heterocycles. The van der Waals surface area contributed by atoms with Gasteiger partial charge in [-0.1, -0.05) is 30.3 Å². The van der Waals surface area contributed by atoms with E-state index in [0.29, 0.717) is 74.7 Å². The SMILES string of the molecule is COCCN(C)c1nc(C(=O)Nc2ccc(OCCCOCc3ccccc3)cc2C(=O)NC2CCOCC2)cs1. The Labute approximate surface area is 245 Å². The van der Waals surface area contributed by atoms with Crippen molar-refractivity contribution in [3.05, 3.63) is 70.7 Å². The monoisotopic (exact) mass is 582 g/mol.